The quantitative estimate of drug-likeness (QED) is 0.175. The molecule has 0 radical (unpaired) electrons. The van der Waals surface area contributed by atoms with E-state index in [4.69, 9.17) is 19.7 Å². The summed E-state index contributed by atoms with van der Waals surface area (Å²) in [5, 5.41) is 0. The number of hydrogen-bond donors (Lipinski definition) is 0. The molecule has 2 spiro atoms. The standard InChI is InChI=1S/C56H41N3O/c1-2-12-34(13-3-1)35-22-24-36(25-23-35)51-57-52(59-53(58-51)54-31-39-28-38-30-55(39,33-54)48(38)32-54)42-16-5-4-14-40(42)37-26-27-45-43(29-37)41-15-6-7-17-44(41)56(45)46-18-8-10-20-49(46)60-50-21-11-9-19-47(50)56/h1-27,29,38-39,48H,28,30-33H2/t38?,39?,48-,54?,55?/m1/s1. The second-order valence-corrected chi connectivity index (χ2v) is 18.5. The maximum absolute atomic E-state index is 6.59. The van der Waals surface area contributed by atoms with Gasteiger partial charge in [0.1, 0.15) is 17.3 Å². The minimum atomic E-state index is -0.497. The van der Waals surface area contributed by atoms with Crippen molar-refractivity contribution in [1.82, 2.24) is 15.0 Å². The second-order valence-electron chi connectivity index (χ2n) is 18.5. The maximum Gasteiger partial charge on any atom is 0.164 e. The Morgan fingerprint density at radius 3 is 1.80 bits per heavy atom. The van der Waals surface area contributed by atoms with Crippen LogP contribution in [0.4, 0.5) is 0 Å². The molecule has 60 heavy (non-hydrogen) atoms. The summed E-state index contributed by atoms with van der Waals surface area (Å²) in [5.74, 6) is 6.97. The molecule has 4 nitrogen and oxygen atoms in total. The molecule has 3 bridgehead atoms. The fraction of sp³-hybridized carbons (Fsp3) is 0.196. The molecule has 0 saturated heterocycles. The van der Waals surface area contributed by atoms with Crippen molar-refractivity contribution >= 4 is 0 Å². The molecule has 7 aromatic carbocycles. The predicted molar refractivity (Wildman–Crippen MR) is 237 cm³/mol. The molecule has 0 amide bonds. The van der Waals surface area contributed by atoms with Crippen molar-refractivity contribution < 1.29 is 4.74 Å². The highest BCUT2D eigenvalue weighted by Crippen LogP contribution is 2.83. The van der Waals surface area contributed by atoms with E-state index in [9.17, 15) is 0 Å². The lowest BCUT2D eigenvalue weighted by Crippen LogP contribution is -2.38. The third kappa shape index (κ3) is 4.23. The minimum Gasteiger partial charge on any atom is -0.457 e. The molecule has 5 atom stereocenters. The number of hydrogen-bond acceptors (Lipinski definition) is 4. The topological polar surface area (TPSA) is 47.9 Å². The Labute approximate surface area is 350 Å². The van der Waals surface area contributed by atoms with Crippen molar-refractivity contribution in [1.29, 1.82) is 0 Å². The summed E-state index contributed by atoms with van der Waals surface area (Å²) in [6.07, 6.45) is 6.53. The molecule has 15 rings (SSSR count). The Morgan fingerprint density at radius 2 is 1.05 bits per heavy atom. The third-order valence-corrected chi connectivity index (χ3v) is 16.0. The molecular formula is C56H41N3O. The molecule has 6 aliphatic carbocycles. The van der Waals surface area contributed by atoms with Gasteiger partial charge in [-0.25, -0.2) is 15.0 Å². The van der Waals surface area contributed by atoms with Gasteiger partial charge in [-0.1, -0.05) is 152 Å². The zero-order valence-corrected chi connectivity index (χ0v) is 33.2. The molecule has 4 unspecified atom stereocenters. The Balaban J connectivity index is 0.939. The van der Waals surface area contributed by atoms with Crippen LogP contribution in [-0.4, -0.2) is 15.0 Å². The van der Waals surface area contributed by atoms with Crippen molar-refractivity contribution in [3.63, 3.8) is 0 Å². The smallest absolute Gasteiger partial charge is 0.164 e. The number of aromatic nitrogens is 3. The average molecular weight is 772 g/mol. The number of para-hydroxylation sites is 2. The second kappa shape index (κ2) is 11.8. The Kier molecular flexibility index (Phi) is 6.51. The van der Waals surface area contributed by atoms with Crippen molar-refractivity contribution in [2.75, 3.05) is 0 Å². The van der Waals surface area contributed by atoms with Crippen LogP contribution in [-0.2, 0) is 10.8 Å². The summed E-state index contributed by atoms with van der Waals surface area (Å²) in [5.41, 5.74) is 14.2. The first kappa shape index (κ1) is 33.2. The van der Waals surface area contributed by atoms with Gasteiger partial charge in [0.25, 0.3) is 0 Å². The predicted octanol–water partition coefficient (Wildman–Crippen LogP) is 13.1. The first-order valence-corrected chi connectivity index (χ1v) is 21.7. The van der Waals surface area contributed by atoms with Crippen molar-refractivity contribution in [3.8, 4) is 67.7 Å². The van der Waals surface area contributed by atoms with Gasteiger partial charge in [-0.05, 0) is 118 Å². The highest BCUT2D eigenvalue weighted by molar-refractivity contribution is 5.92. The van der Waals surface area contributed by atoms with E-state index < -0.39 is 5.41 Å². The highest BCUT2D eigenvalue weighted by Gasteiger charge is 2.77. The Hall–Kier alpha value is -6.65. The fourth-order valence-electron chi connectivity index (χ4n) is 13.7. The SMILES string of the molecule is c1ccc(-c2ccc(-c3nc(-c4ccccc4-c4ccc5c(c4)-c4ccccc4C54c5ccccc5Oc5ccccc54)nc(C45CC6CC7CC6(C4)[C@@H]7C5)n3)cc2)cc1. The molecule has 286 valence electrons. The number of benzene rings is 7. The van der Waals surface area contributed by atoms with E-state index in [2.05, 4.69) is 170 Å². The van der Waals surface area contributed by atoms with Crippen LogP contribution in [0.2, 0.25) is 0 Å². The molecule has 7 aliphatic rings. The first-order chi connectivity index (χ1) is 29.6. The van der Waals surface area contributed by atoms with Gasteiger partial charge >= 0.3 is 0 Å². The Morgan fingerprint density at radius 1 is 0.450 bits per heavy atom. The van der Waals surface area contributed by atoms with Gasteiger partial charge in [0.2, 0.25) is 0 Å². The fourth-order valence-corrected chi connectivity index (χ4v) is 13.7. The van der Waals surface area contributed by atoms with Gasteiger partial charge in [0.05, 0.1) is 5.41 Å². The molecule has 2 heterocycles. The van der Waals surface area contributed by atoms with Gasteiger partial charge in [-0.3, -0.25) is 0 Å². The van der Waals surface area contributed by atoms with Crippen LogP contribution in [0.25, 0.3) is 56.2 Å². The monoisotopic (exact) mass is 771 g/mol. The largest absolute Gasteiger partial charge is 0.457 e. The summed E-state index contributed by atoms with van der Waals surface area (Å²) < 4.78 is 6.59. The molecule has 4 heteroatoms. The molecule has 0 N–H and O–H groups in total. The van der Waals surface area contributed by atoms with Gasteiger partial charge in [0, 0.05) is 27.7 Å². The van der Waals surface area contributed by atoms with Crippen LogP contribution in [0, 0.1) is 23.2 Å². The van der Waals surface area contributed by atoms with Gasteiger partial charge in [0.15, 0.2) is 11.6 Å². The normalized spacial score (nSPS) is 24.9. The summed E-state index contributed by atoms with van der Waals surface area (Å²) >= 11 is 0. The van der Waals surface area contributed by atoms with Gasteiger partial charge in [-0.2, -0.15) is 0 Å². The number of fused-ring (bicyclic) bond motifs is 10. The van der Waals surface area contributed by atoms with Crippen molar-refractivity contribution in [2.45, 2.75) is 42.9 Å². The van der Waals surface area contributed by atoms with Crippen LogP contribution in [0.15, 0.2) is 170 Å². The lowest BCUT2D eigenvalue weighted by atomic mass is 9.60. The number of rotatable bonds is 5. The zero-order chi connectivity index (χ0) is 39.2. The van der Waals surface area contributed by atoms with Crippen molar-refractivity contribution in [2.24, 2.45) is 23.2 Å². The first-order valence-electron chi connectivity index (χ1n) is 21.7. The maximum atomic E-state index is 6.59. The van der Waals surface area contributed by atoms with Crippen LogP contribution in [0.3, 0.4) is 0 Å². The number of ether oxygens (including phenoxy) is 1. The Bertz CT molecular complexity index is 3040. The van der Waals surface area contributed by atoms with Crippen molar-refractivity contribution in [3.05, 3.63) is 198 Å². The average Bonchev–Trinajstić information content (AvgIpc) is 4.04. The number of nitrogens with zero attached hydrogens (tertiary/aromatic N) is 3. The summed E-state index contributed by atoms with van der Waals surface area (Å²) in [6, 6.07) is 61.3. The summed E-state index contributed by atoms with van der Waals surface area (Å²) in [4.78, 5) is 16.4. The summed E-state index contributed by atoms with van der Waals surface area (Å²) in [7, 11) is 0. The van der Waals surface area contributed by atoms with E-state index in [0.29, 0.717) is 5.41 Å². The van der Waals surface area contributed by atoms with E-state index in [1.54, 1.807) is 0 Å². The minimum absolute atomic E-state index is 0.0356. The van der Waals surface area contributed by atoms with E-state index >= 15 is 0 Å². The van der Waals surface area contributed by atoms with Crippen LogP contribution in [0.1, 0.15) is 60.2 Å². The van der Waals surface area contributed by atoms with Crippen LogP contribution < -0.4 is 4.74 Å². The highest BCUT2D eigenvalue weighted by atomic mass is 16.5. The van der Waals surface area contributed by atoms with Crippen LogP contribution >= 0.6 is 0 Å². The van der Waals surface area contributed by atoms with Gasteiger partial charge in [-0.15, -0.1) is 0 Å². The van der Waals surface area contributed by atoms with E-state index in [0.717, 1.165) is 69.0 Å². The summed E-state index contributed by atoms with van der Waals surface area (Å²) in [6.45, 7) is 0. The van der Waals surface area contributed by atoms with Crippen LogP contribution in [0.5, 0.6) is 11.5 Å². The van der Waals surface area contributed by atoms with E-state index in [1.807, 2.05) is 0 Å². The lowest BCUT2D eigenvalue weighted by molar-refractivity contribution is 0.0379. The molecular weight excluding hydrogens is 731 g/mol. The van der Waals surface area contributed by atoms with Gasteiger partial charge < -0.3 is 4.74 Å². The molecule has 1 aromatic heterocycles. The molecule has 8 aromatic rings. The molecule has 1 aliphatic heterocycles. The van der Waals surface area contributed by atoms with E-state index in [1.165, 1.54) is 76.6 Å². The van der Waals surface area contributed by atoms with E-state index in [-0.39, 0.29) is 5.41 Å². The molecule has 5 fully saturated rings. The zero-order valence-electron chi connectivity index (χ0n) is 33.2. The lowest BCUT2D eigenvalue weighted by Gasteiger charge is -2.45. The third-order valence-electron chi connectivity index (χ3n) is 16.0. The molecule has 5 saturated carbocycles.